The smallest absolute Gasteiger partial charge is 0.131 e. The van der Waals surface area contributed by atoms with Crippen LogP contribution in [-0.2, 0) is 6.61 Å². The first-order chi connectivity index (χ1) is 13.1. The average Bonchev–Trinajstić information content (AvgIpc) is 2.67. The van der Waals surface area contributed by atoms with E-state index in [9.17, 15) is 9.65 Å². The molecule has 0 bridgehead atoms. The highest BCUT2D eigenvalue weighted by atomic mass is 79.9. The largest absolute Gasteiger partial charge is 0.488 e. The summed E-state index contributed by atoms with van der Waals surface area (Å²) in [5.41, 5.74) is 1.98. The minimum atomic E-state index is -0.446. The summed E-state index contributed by atoms with van der Waals surface area (Å²) in [4.78, 5) is 0. The van der Waals surface area contributed by atoms with Crippen molar-refractivity contribution in [3.8, 4) is 11.8 Å². The van der Waals surface area contributed by atoms with Gasteiger partial charge < -0.3 is 4.74 Å². The highest BCUT2D eigenvalue weighted by Gasteiger charge is 2.10. The third kappa shape index (κ3) is 4.77. The lowest BCUT2D eigenvalue weighted by molar-refractivity contribution is 0.305. The maximum Gasteiger partial charge on any atom is 0.131 e. The van der Waals surface area contributed by atoms with Gasteiger partial charge in [-0.25, -0.2) is 4.39 Å². The van der Waals surface area contributed by atoms with Gasteiger partial charge in [0.25, 0.3) is 0 Å². The highest BCUT2D eigenvalue weighted by Crippen LogP contribution is 2.29. The number of hydrogen-bond donors (Lipinski definition) is 0. The Balaban J connectivity index is 1.95. The standard InChI is InChI=1S/C22H14BrClFNO/c23-18-9-10-22(27-14-15-5-1-3-7-20(15)24)16(12-18)11-17(13-26)19-6-2-4-8-21(19)25/h1-12H,14H2/b17-11-. The molecule has 134 valence electrons. The predicted octanol–water partition coefficient (Wildman–Crippen LogP) is 6.88. The van der Waals surface area contributed by atoms with E-state index in [1.165, 1.54) is 6.07 Å². The number of halogens is 3. The van der Waals surface area contributed by atoms with Crippen molar-refractivity contribution in [3.63, 3.8) is 0 Å². The zero-order valence-electron chi connectivity index (χ0n) is 14.1. The zero-order chi connectivity index (χ0) is 19.2. The SMILES string of the molecule is N#C/C(=C/c1cc(Br)ccc1OCc1ccccc1Cl)c1ccccc1F. The molecule has 2 nitrogen and oxygen atoms in total. The van der Waals surface area contributed by atoms with Crippen LogP contribution >= 0.6 is 27.5 Å². The molecule has 0 unspecified atom stereocenters. The Morgan fingerprint density at radius 1 is 1.11 bits per heavy atom. The summed E-state index contributed by atoms with van der Waals surface area (Å²) in [6.45, 7) is 0.281. The normalized spacial score (nSPS) is 11.1. The number of nitriles is 1. The molecule has 0 radical (unpaired) electrons. The maximum atomic E-state index is 14.1. The molecule has 0 fully saturated rings. The van der Waals surface area contributed by atoms with Gasteiger partial charge in [0.2, 0.25) is 0 Å². The number of nitrogens with zero attached hydrogens (tertiary/aromatic N) is 1. The van der Waals surface area contributed by atoms with E-state index in [0.717, 1.165) is 10.0 Å². The van der Waals surface area contributed by atoms with Gasteiger partial charge in [-0.2, -0.15) is 5.26 Å². The van der Waals surface area contributed by atoms with Crippen LogP contribution in [0.4, 0.5) is 4.39 Å². The molecular weight excluding hydrogens is 429 g/mol. The Bertz CT molecular complexity index is 1040. The quantitative estimate of drug-likeness (QED) is 0.318. The molecule has 0 heterocycles. The zero-order valence-corrected chi connectivity index (χ0v) is 16.5. The summed E-state index contributed by atoms with van der Waals surface area (Å²) in [6.07, 6.45) is 1.62. The molecule has 3 aromatic rings. The van der Waals surface area contributed by atoms with E-state index in [1.807, 2.05) is 30.3 Å². The Morgan fingerprint density at radius 2 is 1.85 bits per heavy atom. The number of ether oxygens (including phenoxy) is 1. The van der Waals surface area contributed by atoms with Crippen LogP contribution in [0.25, 0.3) is 11.6 Å². The summed E-state index contributed by atoms with van der Waals surface area (Å²) in [5, 5.41) is 10.1. The van der Waals surface area contributed by atoms with Gasteiger partial charge in [-0.1, -0.05) is 63.9 Å². The van der Waals surface area contributed by atoms with E-state index in [4.69, 9.17) is 16.3 Å². The van der Waals surface area contributed by atoms with Crippen LogP contribution in [0.1, 0.15) is 16.7 Å². The molecule has 0 spiro atoms. The van der Waals surface area contributed by atoms with Crippen molar-refractivity contribution in [1.82, 2.24) is 0 Å². The summed E-state index contributed by atoms with van der Waals surface area (Å²) in [5.74, 6) is 0.126. The number of allylic oxidation sites excluding steroid dienone is 1. The minimum Gasteiger partial charge on any atom is -0.488 e. The Kier molecular flexibility index (Phi) is 6.28. The third-order valence-electron chi connectivity index (χ3n) is 3.90. The second-order valence-corrected chi connectivity index (χ2v) is 7.03. The topological polar surface area (TPSA) is 33.0 Å². The molecule has 27 heavy (non-hydrogen) atoms. The van der Waals surface area contributed by atoms with Crippen molar-refractivity contribution < 1.29 is 9.13 Å². The molecule has 3 aromatic carbocycles. The van der Waals surface area contributed by atoms with E-state index in [0.29, 0.717) is 16.3 Å². The van der Waals surface area contributed by atoms with E-state index >= 15 is 0 Å². The van der Waals surface area contributed by atoms with E-state index in [-0.39, 0.29) is 17.7 Å². The fourth-order valence-electron chi connectivity index (χ4n) is 2.54. The van der Waals surface area contributed by atoms with Crippen LogP contribution in [0.2, 0.25) is 5.02 Å². The minimum absolute atomic E-state index is 0.216. The van der Waals surface area contributed by atoms with Crippen LogP contribution in [0.15, 0.2) is 71.2 Å². The molecule has 0 aliphatic rings. The van der Waals surface area contributed by atoms with Crippen LogP contribution in [0.3, 0.4) is 0 Å². The Labute approximate surface area is 170 Å². The van der Waals surface area contributed by atoms with E-state index < -0.39 is 5.82 Å². The van der Waals surface area contributed by atoms with Crippen molar-refractivity contribution >= 4 is 39.2 Å². The molecule has 0 saturated carbocycles. The molecule has 3 rings (SSSR count). The van der Waals surface area contributed by atoms with Crippen molar-refractivity contribution in [2.75, 3.05) is 0 Å². The fraction of sp³-hybridized carbons (Fsp3) is 0.0455. The van der Waals surface area contributed by atoms with Gasteiger partial charge in [0.15, 0.2) is 0 Å². The van der Waals surface area contributed by atoms with Gasteiger partial charge in [0, 0.05) is 26.2 Å². The van der Waals surface area contributed by atoms with E-state index in [2.05, 4.69) is 22.0 Å². The molecule has 0 saturated heterocycles. The Morgan fingerprint density at radius 3 is 2.59 bits per heavy atom. The van der Waals surface area contributed by atoms with Crippen LogP contribution < -0.4 is 4.74 Å². The maximum absolute atomic E-state index is 14.1. The fourth-order valence-corrected chi connectivity index (χ4v) is 3.11. The lowest BCUT2D eigenvalue weighted by atomic mass is 10.0. The van der Waals surface area contributed by atoms with Gasteiger partial charge in [-0.15, -0.1) is 0 Å². The number of benzene rings is 3. The summed E-state index contributed by atoms with van der Waals surface area (Å²) in [6, 6.07) is 21.1. The van der Waals surface area contributed by atoms with Crippen LogP contribution in [-0.4, -0.2) is 0 Å². The molecular formula is C22H14BrClFNO. The number of rotatable bonds is 5. The van der Waals surface area contributed by atoms with Gasteiger partial charge in [-0.05, 0) is 36.4 Å². The van der Waals surface area contributed by atoms with Gasteiger partial charge in [0.05, 0.1) is 11.6 Å². The molecule has 0 N–H and O–H groups in total. The first kappa shape index (κ1) is 19.2. The first-order valence-electron chi connectivity index (χ1n) is 8.11. The predicted molar refractivity (Wildman–Crippen MR) is 110 cm³/mol. The molecule has 0 aliphatic carbocycles. The highest BCUT2D eigenvalue weighted by molar-refractivity contribution is 9.10. The van der Waals surface area contributed by atoms with Crippen LogP contribution in [0.5, 0.6) is 5.75 Å². The molecule has 5 heteroatoms. The van der Waals surface area contributed by atoms with Gasteiger partial charge >= 0.3 is 0 Å². The summed E-state index contributed by atoms with van der Waals surface area (Å²) >= 11 is 9.60. The Hall–Kier alpha value is -2.61. The van der Waals surface area contributed by atoms with Gasteiger partial charge in [0.1, 0.15) is 18.2 Å². The lowest BCUT2D eigenvalue weighted by Gasteiger charge is -2.11. The van der Waals surface area contributed by atoms with Crippen molar-refractivity contribution in [3.05, 3.63) is 98.7 Å². The second-order valence-electron chi connectivity index (χ2n) is 5.71. The molecule has 0 amide bonds. The summed E-state index contributed by atoms with van der Waals surface area (Å²) < 4.78 is 20.8. The van der Waals surface area contributed by atoms with Crippen molar-refractivity contribution in [2.24, 2.45) is 0 Å². The first-order valence-corrected chi connectivity index (χ1v) is 9.28. The van der Waals surface area contributed by atoms with Crippen LogP contribution in [0, 0.1) is 17.1 Å². The average molecular weight is 443 g/mol. The molecule has 0 aliphatic heterocycles. The van der Waals surface area contributed by atoms with Gasteiger partial charge in [-0.3, -0.25) is 0 Å². The third-order valence-corrected chi connectivity index (χ3v) is 4.76. The van der Waals surface area contributed by atoms with Crippen molar-refractivity contribution in [1.29, 1.82) is 5.26 Å². The monoisotopic (exact) mass is 441 g/mol. The number of hydrogen-bond acceptors (Lipinski definition) is 2. The van der Waals surface area contributed by atoms with E-state index in [1.54, 1.807) is 36.4 Å². The molecule has 0 aromatic heterocycles. The second kappa shape index (κ2) is 8.85. The lowest BCUT2D eigenvalue weighted by Crippen LogP contribution is -1.98. The van der Waals surface area contributed by atoms with Crippen molar-refractivity contribution in [2.45, 2.75) is 6.61 Å². The molecule has 0 atom stereocenters. The summed E-state index contributed by atoms with van der Waals surface area (Å²) in [7, 11) is 0.